The summed E-state index contributed by atoms with van der Waals surface area (Å²) in [6.45, 7) is 3.17. The Kier molecular flexibility index (Phi) is 8.78. The Morgan fingerprint density at radius 1 is 1.17 bits per heavy atom. The molecule has 3 rings (SSSR count). The summed E-state index contributed by atoms with van der Waals surface area (Å²) in [5, 5.41) is 2.28. The molecule has 1 fully saturated rings. The zero-order valence-electron chi connectivity index (χ0n) is 19.2. The second-order valence-corrected chi connectivity index (χ2v) is 8.62. The van der Waals surface area contributed by atoms with Crippen LogP contribution in [0.2, 0.25) is 5.02 Å². The number of benzene rings is 2. The van der Waals surface area contributed by atoms with Crippen LogP contribution in [0.5, 0.6) is 11.5 Å². The fourth-order valence-electron chi connectivity index (χ4n) is 3.17. The van der Waals surface area contributed by atoms with Gasteiger partial charge in [-0.2, -0.15) is 0 Å². The average Bonchev–Trinajstić information content (AvgIpc) is 3.10. The van der Waals surface area contributed by atoms with Crippen molar-refractivity contribution < 1.29 is 33.4 Å². The van der Waals surface area contributed by atoms with Gasteiger partial charge < -0.3 is 19.5 Å². The van der Waals surface area contributed by atoms with Gasteiger partial charge in [0.1, 0.15) is 6.04 Å². The van der Waals surface area contributed by atoms with Gasteiger partial charge in [-0.15, -0.1) is 0 Å². The number of carbonyl (C=O) groups is 4. The van der Waals surface area contributed by atoms with Crippen molar-refractivity contribution in [1.29, 1.82) is 0 Å². The van der Waals surface area contributed by atoms with Gasteiger partial charge in [-0.25, -0.2) is 4.79 Å². The van der Waals surface area contributed by atoms with Crippen LogP contribution in [0.25, 0.3) is 6.08 Å². The first-order valence-electron chi connectivity index (χ1n) is 10.5. The molecule has 2 aromatic rings. The predicted octanol–water partition coefficient (Wildman–Crippen LogP) is 4.35. The number of ether oxygens (including phenoxy) is 3. The van der Waals surface area contributed by atoms with Crippen LogP contribution in [-0.2, 0) is 19.1 Å². The topological polar surface area (TPSA) is 111 Å². The summed E-state index contributed by atoms with van der Waals surface area (Å²) in [5.41, 5.74) is 1.10. The smallest absolute Gasteiger partial charge is 0.328 e. The number of imide groups is 1. The number of rotatable bonds is 9. The maximum Gasteiger partial charge on any atom is 0.328 e. The molecule has 0 radical (unpaired) electrons. The van der Waals surface area contributed by atoms with Crippen molar-refractivity contribution in [3.63, 3.8) is 0 Å². The van der Waals surface area contributed by atoms with Crippen LogP contribution in [0.15, 0.2) is 47.4 Å². The van der Waals surface area contributed by atoms with Gasteiger partial charge in [-0.3, -0.25) is 19.3 Å². The molecule has 1 atom stereocenters. The van der Waals surface area contributed by atoms with E-state index in [1.165, 1.54) is 26.2 Å². The second-order valence-electron chi connectivity index (χ2n) is 7.22. The largest absolute Gasteiger partial charge is 0.490 e. The minimum absolute atomic E-state index is 0.111. The summed E-state index contributed by atoms with van der Waals surface area (Å²) < 4.78 is 15.9. The lowest BCUT2D eigenvalue weighted by molar-refractivity contribution is -0.148. The number of para-hydroxylation sites is 1. The predicted molar refractivity (Wildman–Crippen MR) is 132 cm³/mol. The van der Waals surface area contributed by atoms with Gasteiger partial charge in [-0.1, -0.05) is 29.8 Å². The molecule has 1 saturated heterocycles. The lowest BCUT2D eigenvalue weighted by atomic mass is 10.1. The molecule has 0 aromatic heterocycles. The average molecular weight is 519 g/mol. The van der Waals surface area contributed by atoms with E-state index in [1.54, 1.807) is 37.3 Å². The van der Waals surface area contributed by atoms with Crippen LogP contribution in [-0.4, -0.2) is 54.3 Å². The highest BCUT2D eigenvalue weighted by Gasteiger charge is 2.41. The maximum absolute atomic E-state index is 12.7. The van der Waals surface area contributed by atoms with Gasteiger partial charge >= 0.3 is 5.97 Å². The van der Waals surface area contributed by atoms with E-state index in [-0.39, 0.29) is 33.9 Å². The highest BCUT2D eigenvalue weighted by atomic mass is 35.5. The summed E-state index contributed by atoms with van der Waals surface area (Å²) >= 11 is 7.11. The zero-order chi connectivity index (χ0) is 25.5. The van der Waals surface area contributed by atoms with E-state index in [9.17, 15) is 19.2 Å². The van der Waals surface area contributed by atoms with Gasteiger partial charge in [0.15, 0.2) is 18.1 Å². The van der Waals surface area contributed by atoms with E-state index in [4.69, 9.17) is 21.1 Å². The molecule has 35 heavy (non-hydrogen) atoms. The Labute approximate surface area is 211 Å². The van der Waals surface area contributed by atoms with Gasteiger partial charge in [-0.05, 0) is 61.5 Å². The molecular formula is C24H23ClN2O7S. The Bertz CT molecular complexity index is 1170. The molecule has 2 aromatic carbocycles. The number of anilines is 1. The SMILES string of the molecule is CCOc1cc(/C=C2/SC(=O)N([C@@H](C)C(=O)OC)C2=O)cc(Cl)c1OCC(=O)Nc1ccccc1. The van der Waals surface area contributed by atoms with Crippen LogP contribution in [0.3, 0.4) is 0 Å². The van der Waals surface area contributed by atoms with Crippen LogP contribution in [0.1, 0.15) is 19.4 Å². The van der Waals surface area contributed by atoms with Crippen molar-refractivity contribution in [2.75, 3.05) is 25.6 Å². The second kappa shape index (κ2) is 11.8. The van der Waals surface area contributed by atoms with Crippen LogP contribution in [0, 0.1) is 0 Å². The van der Waals surface area contributed by atoms with Gasteiger partial charge in [0.25, 0.3) is 17.1 Å². The molecule has 3 amide bonds. The van der Waals surface area contributed by atoms with E-state index in [2.05, 4.69) is 10.1 Å². The molecule has 184 valence electrons. The van der Waals surface area contributed by atoms with Gasteiger partial charge in [0, 0.05) is 5.69 Å². The normalized spacial score (nSPS) is 15.2. The number of amides is 3. The Hall–Kier alpha value is -3.50. The minimum atomic E-state index is -1.06. The summed E-state index contributed by atoms with van der Waals surface area (Å²) in [5.74, 6) is -1.27. The van der Waals surface area contributed by atoms with E-state index in [1.807, 2.05) is 6.07 Å². The molecule has 0 bridgehead atoms. The molecule has 1 heterocycles. The first-order chi connectivity index (χ1) is 16.7. The number of thioether (sulfide) groups is 1. The quantitative estimate of drug-likeness (QED) is 0.385. The highest BCUT2D eigenvalue weighted by Crippen LogP contribution is 2.39. The summed E-state index contributed by atoms with van der Waals surface area (Å²) in [6, 6.07) is 11.0. The summed E-state index contributed by atoms with van der Waals surface area (Å²) in [6.07, 6.45) is 1.47. The molecule has 9 nitrogen and oxygen atoms in total. The van der Waals surface area contributed by atoms with E-state index < -0.39 is 23.2 Å². The van der Waals surface area contributed by atoms with E-state index in [0.29, 0.717) is 29.6 Å². The van der Waals surface area contributed by atoms with Gasteiger partial charge in [0.05, 0.1) is 23.6 Å². The van der Waals surface area contributed by atoms with Crippen molar-refractivity contribution >= 4 is 58.1 Å². The summed E-state index contributed by atoms with van der Waals surface area (Å²) in [7, 11) is 1.18. The number of esters is 1. The molecule has 0 spiro atoms. The molecule has 1 aliphatic rings. The summed E-state index contributed by atoms with van der Waals surface area (Å²) in [4.78, 5) is 50.1. The Morgan fingerprint density at radius 3 is 2.54 bits per heavy atom. The number of halogens is 1. The Morgan fingerprint density at radius 2 is 1.89 bits per heavy atom. The highest BCUT2D eigenvalue weighted by molar-refractivity contribution is 8.18. The minimum Gasteiger partial charge on any atom is -0.490 e. The van der Waals surface area contributed by atoms with Crippen molar-refractivity contribution in [3.05, 3.63) is 58.0 Å². The fraction of sp³-hybridized carbons (Fsp3) is 0.250. The van der Waals surface area contributed by atoms with E-state index in [0.717, 1.165) is 4.90 Å². The Balaban J connectivity index is 1.79. The lowest BCUT2D eigenvalue weighted by Gasteiger charge is -2.18. The monoisotopic (exact) mass is 518 g/mol. The molecule has 11 heteroatoms. The molecular weight excluding hydrogens is 496 g/mol. The fourth-order valence-corrected chi connectivity index (χ4v) is 4.35. The van der Waals surface area contributed by atoms with Crippen molar-refractivity contribution in [3.8, 4) is 11.5 Å². The standard InChI is InChI=1S/C24H23ClN2O7S/c1-4-33-18-11-15(12-19-22(29)27(24(31)35-19)14(2)23(30)32-3)10-17(25)21(18)34-13-20(28)26-16-8-6-5-7-9-16/h5-12,14H,4,13H2,1-3H3,(H,26,28)/b19-12+/t14-/m0/s1. The maximum atomic E-state index is 12.7. The third-order valence-corrected chi connectivity index (χ3v) is 5.95. The molecule has 0 saturated carbocycles. The number of carbonyl (C=O) groups excluding carboxylic acids is 4. The molecule has 1 aliphatic heterocycles. The zero-order valence-corrected chi connectivity index (χ0v) is 20.8. The first kappa shape index (κ1) is 26.1. The van der Waals surface area contributed by atoms with Crippen molar-refractivity contribution in [2.45, 2.75) is 19.9 Å². The van der Waals surface area contributed by atoms with Crippen LogP contribution < -0.4 is 14.8 Å². The van der Waals surface area contributed by atoms with Gasteiger partial charge in [0.2, 0.25) is 0 Å². The number of methoxy groups -OCH3 is 1. The number of nitrogens with zero attached hydrogens (tertiary/aromatic N) is 1. The van der Waals surface area contributed by atoms with Crippen LogP contribution >= 0.6 is 23.4 Å². The first-order valence-corrected chi connectivity index (χ1v) is 11.7. The number of nitrogens with one attached hydrogen (secondary N) is 1. The molecule has 0 aliphatic carbocycles. The third kappa shape index (κ3) is 6.34. The number of hydrogen-bond acceptors (Lipinski definition) is 8. The molecule has 1 N–H and O–H groups in total. The van der Waals surface area contributed by atoms with Crippen LogP contribution in [0.4, 0.5) is 10.5 Å². The van der Waals surface area contributed by atoms with Crippen molar-refractivity contribution in [1.82, 2.24) is 4.90 Å². The van der Waals surface area contributed by atoms with Crippen molar-refractivity contribution in [2.24, 2.45) is 0 Å². The lowest BCUT2D eigenvalue weighted by Crippen LogP contribution is -2.42. The third-order valence-electron chi connectivity index (χ3n) is 4.79. The number of hydrogen-bond donors (Lipinski definition) is 1. The van der Waals surface area contributed by atoms with E-state index >= 15 is 0 Å². The molecule has 0 unspecified atom stereocenters.